The Balaban J connectivity index is 1.87. The number of amides is 2. The maximum atomic E-state index is 13.6. The zero-order valence-corrected chi connectivity index (χ0v) is 21.4. The summed E-state index contributed by atoms with van der Waals surface area (Å²) < 4.78 is 19.7. The van der Waals surface area contributed by atoms with Gasteiger partial charge in [0.1, 0.15) is 18.7 Å². The highest BCUT2D eigenvalue weighted by Crippen LogP contribution is 2.25. The van der Waals surface area contributed by atoms with Gasteiger partial charge in [0.25, 0.3) is 0 Å². The molecule has 0 aliphatic carbocycles. The van der Waals surface area contributed by atoms with E-state index in [0.717, 1.165) is 38.0 Å². The van der Waals surface area contributed by atoms with E-state index in [9.17, 15) is 24.0 Å². The lowest BCUT2D eigenvalue weighted by Crippen LogP contribution is -2.58. The van der Waals surface area contributed by atoms with Gasteiger partial charge in [0.2, 0.25) is 5.91 Å². The van der Waals surface area contributed by atoms with Gasteiger partial charge >= 0.3 is 24.0 Å². The molecule has 11 nitrogen and oxygen atoms in total. The molecule has 0 spiro atoms. The predicted octanol–water partition coefficient (Wildman–Crippen LogP) is 1.76. The average Bonchev–Trinajstić information content (AvgIpc) is 2.96. The van der Waals surface area contributed by atoms with Crippen molar-refractivity contribution >= 4 is 29.9 Å². The second-order valence-electron chi connectivity index (χ2n) is 8.58. The van der Waals surface area contributed by atoms with Gasteiger partial charge in [-0.15, -0.1) is 0 Å². The van der Waals surface area contributed by atoms with Crippen LogP contribution in [-0.4, -0.2) is 68.2 Å². The molecule has 0 aromatic heterocycles. The van der Waals surface area contributed by atoms with Gasteiger partial charge in [0, 0.05) is 6.42 Å². The van der Waals surface area contributed by atoms with Gasteiger partial charge in [-0.25, -0.2) is 9.59 Å². The van der Waals surface area contributed by atoms with Crippen LogP contribution in [0.2, 0.25) is 0 Å². The summed E-state index contributed by atoms with van der Waals surface area (Å²) in [6.45, 7) is 0.0911. The zero-order valence-electron chi connectivity index (χ0n) is 21.4. The standard InChI is InChI=1S/C27H30N2O9/c1-35-22(30)14-20(25(32)36-2)23(26(33)37-3)28-24(31)21-13-18-11-7-8-12-19(18)15-29(21)27(34)38-16-17-9-5-4-6-10-17/h4-12,20-21,23H,13-16H2,1-3H3,(H,28,31)/t20-,21+,23+/m1/s1. The number of ether oxygens (including phenoxy) is 4. The third kappa shape index (κ3) is 6.87. The molecule has 1 aliphatic heterocycles. The minimum Gasteiger partial charge on any atom is -0.469 e. The summed E-state index contributed by atoms with van der Waals surface area (Å²) in [5.41, 5.74) is 2.46. The summed E-state index contributed by atoms with van der Waals surface area (Å²) in [6, 6.07) is 13.8. The van der Waals surface area contributed by atoms with E-state index in [2.05, 4.69) is 10.1 Å². The second kappa shape index (κ2) is 13.2. The number of benzene rings is 2. The molecule has 2 aromatic rings. The van der Waals surface area contributed by atoms with Crippen LogP contribution in [0.4, 0.5) is 4.79 Å². The van der Waals surface area contributed by atoms with E-state index in [4.69, 9.17) is 14.2 Å². The van der Waals surface area contributed by atoms with Gasteiger partial charge in [-0.1, -0.05) is 54.6 Å². The molecule has 1 aliphatic rings. The largest absolute Gasteiger partial charge is 0.469 e. The maximum Gasteiger partial charge on any atom is 0.411 e. The monoisotopic (exact) mass is 526 g/mol. The molecule has 0 unspecified atom stereocenters. The van der Waals surface area contributed by atoms with Crippen LogP contribution in [-0.2, 0) is 57.7 Å². The van der Waals surface area contributed by atoms with Gasteiger partial charge < -0.3 is 24.3 Å². The Bertz CT molecular complexity index is 1170. The van der Waals surface area contributed by atoms with Crippen LogP contribution in [0.15, 0.2) is 54.6 Å². The number of esters is 3. The number of carbonyl (C=O) groups excluding carboxylic acids is 5. The minimum atomic E-state index is -1.57. The lowest BCUT2D eigenvalue weighted by molar-refractivity contribution is -0.159. The summed E-state index contributed by atoms with van der Waals surface area (Å²) in [6.07, 6.45) is -1.13. The highest BCUT2D eigenvalue weighted by Gasteiger charge is 2.42. The first-order valence-electron chi connectivity index (χ1n) is 11.9. The molecule has 38 heavy (non-hydrogen) atoms. The fourth-order valence-electron chi connectivity index (χ4n) is 4.20. The molecule has 1 N–H and O–H groups in total. The first-order valence-corrected chi connectivity index (χ1v) is 11.9. The number of rotatable bonds is 9. The Hall–Kier alpha value is -4.41. The molecule has 0 saturated heterocycles. The van der Waals surface area contributed by atoms with Crippen molar-refractivity contribution < 1.29 is 42.9 Å². The number of nitrogens with one attached hydrogen (secondary N) is 1. The van der Waals surface area contributed by atoms with Crippen LogP contribution in [0, 0.1) is 5.92 Å². The van der Waals surface area contributed by atoms with Crippen LogP contribution in [0.5, 0.6) is 0 Å². The van der Waals surface area contributed by atoms with Crippen LogP contribution in [0.3, 0.4) is 0 Å². The molecule has 2 aromatic carbocycles. The van der Waals surface area contributed by atoms with Crippen molar-refractivity contribution in [2.75, 3.05) is 21.3 Å². The summed E-state index contributed by atoms with van der Waals surface area (Å²) in [5.74, 6) is -4.82. The molecule has 2 amide bonds. The van der Waals surface area contributed by atoms with Crippen molar-refractivity contribution in [3.63, 3.8) is 0 Å². The fourth-order valence-corrected chi connectivity index (χ4v) is 4.20. The Morgan fingerprint density at radius 1 is 0.868 bits per heavy atom. The molecule has 0 fully saturated rings. The molecule has 1 heterocycles. The maximum absolute atomic E-state index is 13.6. The molecule has 11 heteroatoms. The third-order valence-electron chi connectivity index (χ3n) is 6.26. The zero-order chi connectivity index (χ0) is 27.7. The highest BCUT2D eigenvalue weighted by molar-refractivity contribution is 5.94. The van der Waals surface area contributed by atoms with Crippen molar-refractivity contribution in [3.8, 4) is 0 Å². The normalized spacial score (nSPS) is 15.8. The van der Waals surface area contributed by atoms with E-state index < -0.39 is 54.3 Å². The molecular weight excluding hydrogens is 496 g/mol. The van der Waals surface area contributed by atoms with E-state index in [0.29, 0.717) is 0 Å². The number of carbonyl (C=O) groups is 5. The van der Waals surface area contributed by atoms with Crippen LogP contribution in [0.1, 0.15) is 23.1 Å². The fraction of sp³-hybridized carbons (Fsp3) is 0.370. The number of fused-ring (bicyclic) bond motifs is 1. The van der Waals surface area contributed by atoms with E-state index in [1.807, 2.05) is 42.5 Å². The Morgan fingerprint density at radius 3 is 2.13 bits per heavy atom. The molecule has 3 rings (SSSR count). The first kappa shape index (κ1) is 28.2. The Labute approximate surface area is 220 Å². The van der Waals surface area contributed by atoms with Gasteiger partial charge in [-0.05, 0) is 16.7 Å². The van der Waals surface area contributed by atoms with Gasteiger partial charge in [-0.3, -0.25) is 19.3 Å². The third-order valence-corrected chi connectivity index (χ3v) is 6.26. The second-order valence-corrected chi connectivity index (χ2v) is 8.58. The number of hydrogen-bond acceptors (Lipinski definition) is 9. The molecular formula is C27H30N2O9. The average molecular weight is 527 g/mol. The number of nitrogens with zero attached hydrogens (tertiary/aromatic N) is 1. The summed E-state index contributed by atoms with van der Waals surface area (Å²) in [7, 11) is 3.30. The molecule has 0 bridgehead atoms. The Kier molecular flexibility index (Phi) is 9.80. The van der Waals surface area contributed by atoms with Gasteiger partial charge in [-0.2, -0.15) is 0 Å². The van der Waals surface area contributed by atoms with Crippen molar-refractivity contribution in [1.82, 2.24) is 10.2 Å². The Morgan fingerprint density at radius 2 is 1.50 bits per heavy atom. The van der Waals surface area contributed by atoms with Crippen LogP contribution in [0.25, 0.3) is 0 Å². The summed E-state index contributed by atoms with van der Waals surface area (Å²) >= 11 is 0. The van der Waals surface area contributed by atoms with E-state index in [-0.39, 0.29) is 19.6 Å². The molecule has 202 valence electrons. The van der Waals surface area contributed by atoms with E-state index in [1.54, 1.807) is 12.1 Å². The van der Waals surface area contributed by atoms with E-state index >= 15 is 0 Å². The van der Waals surface area contributed by atoms with Crippen molar-refractivity contribution in [2.24, 2.45) is 5.92 Å². The van der Waals surface area contributed by atoms with Crippen molar-refractivity contribution in [3.05, 3.63) is 71.3 Å². The predicted molar refractivity (Wildman–Crippen MR) is 132 cm³/mol. The SMILES string of the molecule is COC(=O)C[C@@H](C(=O)OC)[C@H](NC(=O)[C@@H]1Cc2ccccc2CN1C(=O)OCc1ccccc1)C(=O)OC. The number of methoxy groups -OCH3 is 3. The topological polar surface area (TPSA) is 138 Å². The molecule has 3 atom stereocenters. The van der Waals surface area contributed by atoms with E-state index in [1.165, 1.54) is 4.90 Å². The smallest absolute Gasteiger partial charge is 0.411 e. The molecule has 0 radical (unpaired) electrons. The van der Waals surface area contributed by atoms with Crippen molar-refractivity contribution in [1.29, 1.82) is 0 Å². The minimum absolute atomic E-state index is 0.000485. The highest BCUT2D eigenvalue weighted by atomic mass is 16.6. The first-order chi connectivity index (χ1) is 18.3. The lowest BCUT2D eigenvalue weighted by atomic mass is 9.92. The number of hydrogen-bond donors (Lipinski definition) is 1. The van der Waals surface area contributed by atoms with Crippen LogP contribution < -0.4 is 5.32 Å². The molecule has 0 saturated carbocycles. The van der Waals surface area contributed by atoms with Gasteiger partial charge in [0.05, 0.1) is 40.2 Å². The van der Waals surface area contributed by atoms with Crippen LogP contribution >= 0.6 is 0 Å². The van der Waals surface area contributed by atoms with Gasteiger partial charge in [0.15, 0.2) is 0 Å². The quantitative estimate of drug-likeness (QED) is 0.383. The summed E-state index contributed by atoms with van der Waals surface area (Å²) in [4.78, 5) is 65.0. The lowest BCUT2D eigenvalue weighted by Gasteiger charge is -2.36. The summed E-state index contributed by atoms with van der Waals surface area (Å²) in [5, 5.41) is 2.50. The van der Waals surface area contributed by atoms with Crippen molar-refractivity contribution in [2.45, 2.75) is 38.1 Å².